The van der Waals surface area contributed by atoms with Gasteiger partial charge in [0.1, 0.15) is 5.15 Å². The maximum atomic E-state index is 13.1. The lowest BCUT2D eigenvalue weighted by Crippen LogP contribution is -2.27. The van der Waals surface area contributed by atoms with E-state index in [1.807, 2.05) is 41.0 Å². The molecule has 0 aliphatic rings. The number of carboxylic acids is 1. The van der Waals surface area contributed by atoms with Gasteiger partial charge in [-0.3, -0.25) is 9.13 Å². The summed E-state index contributed by atoms with van der Waals surface area (Å²) in [5.41, 5.74) is 3.80. The summed E-state index contributed by atoms with van der Waals surface area (Å²) in [6.07, 6.45) is 2.45. The molecule has 3 rings (SSSR count). The Morgan fingerprint density at radius 3 is 2.21 bits per heavy atom. The third-order valence-corrected chi connectivity index (χ3v) is 6.24. The molecule has 1 heterocycles. The van der Waals surface area contributed by atoms with Gasteiger partial charge in [-0.25, -0.2) is 9.59 Å². The molecule has 0 bridgehead atoms. The van der Waals surface area contributed by atoms with Crippen molar-refractivity contribution in [2.45, 2.75) is 60.0 Å². The molecule has 0 atom stereocenters. The minimum atomic E-state index is -0.939. The molecule has 33 heavy (non-hydrogen) atoms. The van der Waals surface area contributed by atoms with Gasteiger partial charge in [-0.2, -0.15) is 0 Å². The van der Waals surface area contributed by atoms with Crippen molar-refractivity contribution < 1.29 is 9.90 Å². The van der Waals surface area contributed by atoms with Crippen LogP contribution >= 0.6 is 11.6 Å². The van der Waals surface area contributed by atoms with E-state index in [9.17, 15) is 14.7 Å². The minimum absolute atomic E-state index is 0.0422. The van der Waals surface area contributed by atoms with E-state index < -0.39 is 5.97 Å². The van der Waals surface area contributed by atoms with E-state index in [4.69, 9.17) is 11.6 Å². The summed E-state index contributed by atoms with van der Waals surface area (Å²) in [6, 6.07) is 14.9. The summed E-state index contributed by atoms with van der Waals surface area (Å²) in [4.78, 5) is 24.7. The number of rotatable bonds is 10. The molecule has 1 aromatic heterocycles. The molecule has 0 aliphatic heterocycles. The third-order valence-electron chi connectivity index (χ3n) is 5.82. The highest BCUT2D eigenvalue weighted by atomic mass is 35.5. The predicted molar refractivity (Wildman–Crippen MR) is 134 cm³/mol. The first-order valence-corrected chi connectivity index (χ1v) is 12.0. The van der Waals surface area contributed by atoms with Gasteiger partial charge in [0.15, 0.2) is 0 Å². The number of aromatic carboxylic acids is 1. The maximum Gasteiger partial charge on any atom is 0.336 e. The molecule has 3 aromatic rings. The molecule has 0 amide bonds. The Balaban J connectivity index is 1.83. The summed E-state index contributed by atoms with van der Waals surface area (Å²) < 4.78 is 3.54. The summed E-state index contributed by atoms with van der Waals surface area (Å²) in [5, 5.41) is 10.0. The van der Waals surface area contributed by atoms with Crippen LogP contribution in [0.2, 0.25) is 5.15 Å². The van der Waals surface area contributed by atoms with Crippen LogP contribution in [0.25, 0.3) is 11.1 Å². The molecule has 176 valence electrons. The van der Waals surface area contributed by atoms with Crippen LogP contribution in [-0.2, 0) is 25.9 Å². The fourth-order valence-corrected chi connectivity index (χ4v) is 4.38. The SMILES string of the molecule is CC(C)CCc1c(Cl)n(CC(C)C)c(=O)n1CCc1ccc(-c2ccccc2C(=O)O)cc1. The zero-order valence-corrected chi connectivity index (χ0v) is 20.6. The second-order valence-electron chi connectivity index (χ2n) is 9.41. The minimum Gasteiger partial charge on any atom is -0.478 e. The fourth-order valence-electron chi connectivity index (χ4n) is 4.04. The molecule has 0 spiro atoms. The molecule has 1 N–H and O–H groups in total. The average Bonchev–Trinajstić information content (AvgIpc) is 2.99. The quantitative estimate of drug-likeness (QED) is 0.387. The van der Waals surface area contributed by atoms with E-state index in [0.29, 0.717) is 42.1 Å². The lowest BCUT2D eigenvalue weighted by molar-refractivity contribution is 0.0697. The van der Waals surface area contributed by atoms with Crippen LogP contribution < -0.4 is 5.69 Å². The molecule has 0 unspecified atom stereocenters. The zero-order chi connectivity index (χ0) is 24.1. The molecule has 0 fully saturated rings. The molecular formula is C27H33ClN2O3. The Bertz CT molecular complexity index is 1160. The van der Waals surface area contributed by atoms with Crippen LogP contribution in [0.1, 0.15) is 55.7 Å². The number of hydrogen-bond donors (Lipinski definition) is 1. The topological polar surface area (TPSA) is 64.2 Å². The van der Waals surface area contributed by atoms with Crippen LogP contribution in [0.4, 0.5) is 0 Å². The van der Waals surface area contributed by atoms with Gasteiger partial charge in [-0.1, -0.05) is 81.8 Å². The summed E-state index contributed by atoms with van der Waals surface area (Å²) in [6.45, 7) is 9.67. The van der Waals surface area contributed by atoms with Gasteiger partial charge in [-0.05, 0) is 53.9 Å². The Morgan fingerprint density at radius 1 is 0.939 bits per heavy atom. The smallest absolute Gasteiger partial charge is 0.336 e. The molecule has 0 saturated heterocycles. The van der Waals surface area contributed by atoms with Gasteiger partial charge < -0.3 is 5.11 Å². The first-order chi connectivity index (χ1) is 15.7. The number of hydrogen-bond acceptors (Lipinski definition) is 2. The van der Waals surface area contributed by atoms with Crippen molar-refractivity contribution in [1.29, 1.82) is 0 Å². The molecule has 0 saturated carbocycles. The monoisotopic (exact) mass is 468 g/mol. The molecule has 0 aliphatic carbocycles. The second kappa shape index (κ2) is 10.9. The van der Waals surface area contributed by atoms with Crippen LogP contribution in [0.15, 0.2) is 53.3 Å². The zero-order valence-electron chi connectivity index (χ0n) is 19.8. The first kappa shape index (κ1) is 24.8. The fraction of sp³-hybridized carbons (Fsp3) is 0.407. The lowest BCUT2D eigenvalue weighted by Gasteiger charge is -2.10. The summed E-state index contributed by atoms with van der Waals surface area (Å²) in [7, 11) is 0. The Labute approximate surface area is 200 Å². The molecule has 5 nitrogen and oxygen atoms in total. The van der Waals surface area contributed by atoms with Crippen LogP contribution in [0.5, 0.6) is 0 Å². The molecule has 6 heteroatoms. The standard InChI is InChI=1S/C27H33ClN2O3/c1-18(2)9-14-24-25(28)30(17-19(3)4)27(33)29(24)16-15-20-10-12-21(13-11-20)22-7-5-6-8-23(22)26(31)32/h5-8,10-13,18-19H,9,14-17H2,1-4H3,(H,31,32). The largest absolute Gasteiger partial charge is 0.478 e. The normalized spacial score (nSPS) is 11.5. The van der Waals surface area contributed by atoms with E-state index in [1.165, 1.54) is 0 Å². The van der Waals surface area contributed by atoms with Gasteiger partial charge in [0.2, 0.25) is 0 Å². The van der Waals surface area contributed by atoms with Crippen molar-refractivity contribution in [3.05, 3.63) is 81.0 Å². The Hall–Kier alpha value is -2.79. The molecule has 0 radical (unpaired) electrons. The van der Waals surface area contributed by atoms with Crippen molar-refractivity contribution in [2.24, 2.45) is 11.8 Å². The number of imidazole rings is 1. The number of halogens is 1. The number of nitrogens with zero attached hydrogens (tertiary/aromatic N) is 2. The van der Waals surface area contributed by atoms with Crippen molar-refractivity contribution in [3.8, 4) is 11.1 Å². The summed E-state index contributed by atoms with van der Waals surface area (Å²) in [5.74, 6) is -0.0831. The molecule has 2 aromatic carbocycles. The Kier molecular flexibility index (Phi) is 8.20. The number of aryl methyl sites for hydroxylation is 1. The van der Waals surface area contributed by atoms with E-state index in [2.05, 4.69) is 27.7 Å². The highest BCUT2D eigenvalue weighted by molar-refractivity contribution is 6.30. The van der Waals surface area contributed by atoms with Gasteiger partial charge in [-0.15, -0.1) is 0 Å². The maximum absolute atomic E-state index is 13.1. The van der Waals surface area contributed by atoms with Gasteiger partial charge in [0.05, 0.1) is 11.3 Å². The molecular weight excluding hydrogens is 436 g/mol. The number of benzene rings is 2. The van der Waals surface area contributed by atoms with E-state index >= 15 is 0 Å². The highest BCUT2D eigenvalue weighted by Gasteiger charge is 2.19. The summed E-state index contributed by atoms with van der Waals surface area (Å²) >= 11 is 6.67. The van der Waals surface area contributed by atoms with Crippen LogP contribution in [0.3, 0.4) is 0 Å². The predicted octanol–water partition coefficient (Wildman–Crippen LogP) is 6.16. The van der Waals surface area contributed by atoms with E-state index in [-0.39, 0.29) is 11.3 Å². The van der Waals surface area contributed by atoms with Crippen molar-refractivity contribution >= 4 is 17.6 Å². The van der Waals surface area contributed by atoms with Gasteiger partial charge in [0, 0.05) is 13.1 Å². The van der Waals surface area contributed by atoms with Crippen molar-refractivity contribution in [3.63, 3.8) is 0 Å². The highest BCUT2D eigenvalue weighted by Crippen LogP contribution is 2.25. The van der Waals surface area contributed by atoms with E-state index in [0.717, 1.165) is 29.7 Å². The number of carboxylic acid groups (broad SMARTS) is 1. The average molecular weight is 469 g/mol. The van der Waals surface area contributed by atoms with Crippen LogP contribution in [0, 0.1) is 11.8 Å². The van der Waals surface area contributed by atoms with Crippen molar-refractivity contribution in [2.75, 3.05) is 0 Å². The number of aromatic nitrogens is 2. The second-order valence-corrected chi connectivity index (χ2v) is 9.76. The van der Waals surface area contributed by atoms with Crippen molar-refractivity contribution in [1.82, 2.24) is 9.13 Å². The first-order valence-electron chi connectivity index (χ1n) is 11.6. The lowest BCUT2D eigenvalue weighted by atomic mass is 9.98. The third kappa shape index (κ3) is 5.97. The number of carbonyl (C=O) groups is 1. The van der Waals surface area contributed by atoms with Gasteiger partial charge >= 0.3 is 11.7 Å². The van der Waals surface area contributed by atoms with E-state index in [1.54, 1.807) is 16.7 Å². The van der Waals surface area contributed by atoms with Gasteiger partial charge in [0.25, 0.3) is 0 Å². The van der Waals surface area contributed by atoms with Crippen LogP contribution in [-0.4, -0.2) is 20.2 Å². The Morgan fingerprint density at radius 2 is 1.61 bits per heavy atom.